The predicted octanol–water partition coefficient (Wildman–Crippen LogP) is 6.24. The van der Waals surface area contributed by atoms with Gasteiger partial charge in [0.2, 0.25) is 11.8 Å². The summed E-state index contributed by atoms with van der Waals surface area (Å²) in [4.78, 5) is 55.6. The van der Waals surface area contributed by atoms with Gasteiger partial charge in [0.05, 0.1) is 30.0 Å². The van der Waals surface area contributed by atoms with Gasteiger partial charge in [-0.3, -0.25) is 19.2 Å². The quantitative estimate of drug-likeness (QED) is 0.0716. The molecular weight excluding hydrogens is 879 g/mol. The molecule has 7 rings (SSSR count). The number of allylic oxidation sites excluding steroid dienone is 1. The molecule has 394 valence electrons. The SMILES string of the molecule is C=C(C)[C@@H]1CC[C@]2(C(=O)N[C@@H]3C[C@H](C(=O)N4CCCCC4)C3(C)C)CC[C@]3(C)C(CCC4[C@@]5(C)CC[C@H](OC(=O)CC(C)(C)C(=O)O)C(C)(C)C5CC[C@]43C)C12.CNC[C@H](O)[C@@H](O)[C@H](O)[C@H](O)CO. The number of nitrogens with zero attached hydrogens (tertiary/aromatic N) is 1. The molecule has 0 aromatic carbocycles. The zero-order chi connectivity index (χ0) is 51.4. The van der Waals surface area contributed by atoms with Crippen LogP contribution in [0.2, 0.25) is 0 Å². The van der Waals surface area contributed by atoms with Crippen LogP contribution in [0.1, 0.15) is 166 Å². The van der Waals surface area contributed by atoms with E-state index in [1.54, 1.807) is 20.9 Å². The number of carbonyl (C=O) groups excluding carboxylic acids is 3. The third kappa shape index (κ3) is 9.72. The lowest BCUT2D eigenvalue weighted by Gasteiger charge is -2.73. The number of carboxylic acids is 1. The Morgan fingerprint density at radius 2 is 1.42 bits per heavy atom. The minimum absolute atomic E-state index is 0.0193. The number of fused-ring (bicyclic) bond motifs is 7. The first-order chi connectivity index (χ1) is 32.0. The van der Waals surface area contributed by atoms with Crippen LogP contribution in [-0.4, -0.2) is 129 Å². The van der Waals surface area contributed by atoms with Gasteiger partial charge in [0.15, 0.2) is 0 Å². The average molecular weight is 972 g/mol. The molecule has 7 aliphatic rings. The van der Waals surface area contributed by atoms with Gasteiger partial charge in [-0.05, 0) is 169 Å². The van der Waals surface area contributed by atoms with Crippen molar-refractivity contribution in [1.29, 1.82) is 0 Å². The molecular formula is C55H93N3O11. The van der Waals surface area contributed by atoms with Gasteiger partial charge in [0.25, 0.3) is 0 Å². The van der Waals surface area contributed by atoms with Gasteiger partial charge in [-0.25, -0.2) is 0 Å². The first-order valence-corrected chi connectivity index (χ1v) is 26.7. The highest BCUT2D eigenvalue weighted by Crippen LogP contribution is 2.77. The number of ether oxygens (including phenoxy) is 1. The largest absolute Gasteiger partial charge is 0.481 e. The highest BCUT2D eigenvalue weighted by atomic mass is 16.5. The highest BCUT2D eigenvalue weighted by Gasteiger charge is 2.72. The third-order valence-corrected chi connectivity index (χ3v) is 21.2. The lowest BCUT2D eigenvalue weighted by atomic mass is 9.32. The van der Waals surface area contributed by atoms with E-state index < -0.39 is 53.8 Å². The minimum atomic E-state index is -1.55. The van der Waals surface area contributed by atoms with E-state index in [0.717, 1.165) is 96.6 Å². The van der Waals surface area contributed by atoms with Crippen LogP contribution in [0.15, 0.2) is 12.2 Å². The Labute approximate surface area is 413 Å². The van der Waals surface area contributed by atoms with E-state index in [1.165, 1.54) is 12.0 Å². The molecule has 14 nitrogen and oxygen atoms in total. The monoisotopic (exact) mass is 972 g/mol. The van der Waals surface area contributed by atoms with Crippen molar-refractivity contribution < 1.29 is 54.6 Å². The summed E-state index contributed by atoms with van der Waals surface area (Å²) < 4.78 is 6.20. The molecule has 1 aliphatic heterocycles. The van der Waals surface area contributed by atoms with Gasteiger partial charge >= 0.3 is 11.9 Å². The maximum Gasteiger partial charge on any atom is 0.309 e. The summed E-state index contributed by atoms with van der Waals surface area (Å²) in [5.41, 5.74) is -0.492. The first-order valence-electron chi connectivity index (χ1n) is 26.7. The molecule has 0 aromatic rings. The topological polar surface area (TPSA) is 226 Å². The Morgan fingerprint density at radius 1 is 0.783 bits per heavy atom. The molecule has 0 radical (unpaired) electrons. The molecule has 2 amide bonds. The minimum Gasteiger partial charge on any atom is -0.481 e. The van der Waals surface area contributed by atoms with Crippen molar-refractivity contribution in [3.8, 4) is 0 Å². The molecule has 4 unspecified atom stereocenters. The zero-order valence-electron chi connectivity index (χ0n) is 44.2. The number of amides is 2. The number of aliphatic hydroxyl groups is 5. The number of likely N-dealkylation sites (tertiary alicyclic amines) is 1. The van der Waals surface area contributed by atoms with Crippen molar-refractivity contribution in [2.24, 2.45) is 73.4 Å². The number of hydrogen-bond acceptors (Lipinski definition) is 11. The molecule has 0 spiro atoms. The number of carbonyl (C=O) groups is 4. The first kappa shape index (κ1) is 55.7. The molecule has 69 heavy (non-hydrogen) atoms. The number of carboxylic acid groups (broad SMARTS) is 1. The molecule has 0 aromatic heterocycles. The number of nitrogens with one attached hydrogen (secondary N) is 2. The smallest absolute Gasteiger partial charge is 0.309 e. The van der Waals surface area contributed by atoms with E-state index in [-0.39, 0.29) is 69.9 Å². The van der Waals surface area contributed by atoms with Crippen LogP contribution in [0.5, 0.6) is 0 Å². The summed E-state index contributed by atoms with van der Waals surface area (Å²) in [6.07, 6.45) is 8.40. The maximum atomic E-state index is 15.0. The molecule has 1 heterocycles. The third-order valence-electron chi connectivity index (χ3n) is 21.2. The van der Waals surface area contributed by atoms with Crippen molar-refractivity contribution in [2.75, 3.05) is 33.3 Å². The molecule has 0 bridgehead atoms. The van der Waals surface area contributed by atoms with Crippen LogP contribution in [0.25, 0.3) is 0 Å². The van der Waals surface area contributed by atoms with Crippen LogP contribution in [-0.2, 0) is 23.9 Å². The van der Waals surface area contributed by atoms with Gasteiger partial charge < -0.3 is 50.9 Å². The standard InChI is InChI=1S/C48H76N2O6.C7H17NO5/c1-29(2)30-17-22-48(40(53)49-35-27-32(43(35,5)6)39(52)50-25-13-12-14-26-50)24-23-46(10)31(38(30)48)15-16-34-45(9)20-19-36(56-37(51)28-42(3,4)41(54)55)44(7,8)33(45)18-21-47(34,46)11;1-8-2-4(10)6(12)7(13)5(11)3-9/h30-36,38H,1,12-28H2,2-11H3,(H,49,53)(H,54,55);4-13H,2-3H2,1H3/t30-,31?,32+,33?,34?,35+,36-,38?,45-,46+,47+,48-;4-,5+,6+,7+/m00/s1. The molecule has 16 atom stereocenters. The fraction of sp³-hybridized carbons (Fsp3) is 0.891. The second-order valence-electron chi connectivity index (χ2n) is 25.9. The molecule has 6 aliphatic carbocycles. The molecule has 6 saturated carbocycles. The Morgan fingerprint density at radius 3 is 2.00 bits per heavy atom. The summed E-state index contributed by atoms with van der Waals surface area (Å²) in [5.74, 6) is 1.12. The molecule has 8 N–H and O–H groups in total. The average Bonchev–Trinajstić information content (AvgIpc) is 3.69. The van der Waals surface area contributed by atoms with Gasteiger partial charge in [-0.1, -0.05) is 60.6 Å². The van der Waals surface area contributed by atoms with Gasteiger partial charge in [-0.2, -0.15) is 0 Å². The fourth-order valence-electron chi connectivity index (χ4n) is 16.5. The summed E-state index contributed by atoms with van der Waals surface area (Å²) in [6.45, 7) is 27.9. The lowest BCUT2D eigenvalue weighted by Crippen LogP contribution is -2.68. The number of aliphatic hydroxyl groups excluding tert-OH is 5. The second-order valence-corrected chi connectivity index (χ2v) is 25.9. The van der Waals surface area contributed by atoms with E-state index >= 15 is 4.79 Å². The van der Waals surface area contributed by atoms with Crippen molar-refractivity contribution in [3.05, 3.63) is 12.2 Å². The number of piperidine rings is 1. The Kier molecular flexibility index (Phi) is 16.4. The van der Waals surface area contributed by atoms with Crippen molar-refractivity contribution >= 4 is 23.8 Å². The second kappa shape index (κ2) is 20.4. The molecule has 7 fully saturated rings. The van der Waals surface area contributed by atoms with Crippen molar-refractivity contribution in [3.63, 3.8) is 0 Å². The van der Waals surface area contributed by atoms with Crippen molar-refractivity contribution in [2.45, 2.75) is 202 Å². The lowest BCUT2D eigenvalue weighted by molar-refractivity contribution is -0.249. The molecule has 14 heteroatoms. The summed E-state index contributed by atoms with van der Waals surface area (Å²) >= 11 is 0. The number of rotatable bonds is 14. The van der Waals surface area contributed by atoms with Gasteiger partial charge in [-0.15, -0.1) is 0 Å². The number of aliphatic carboxylic acids is 1. The van der Waals surface area contributed by atoms with Crippen LogP contribution in [0.4, 0.5) is 0 Å². The van der Waals surface area contributed by atoms with Gasteiger partial charge in [0.1, 0.15) is 24.4 Å². The number of esters is 1. The van der Waals surface area contributed by atoms with E-state index in [4.69, 9.17) is 25.2 Å². The normalized spacial score (nSPS) is 39.4. The summed E-state index contributed by atoms with van der Waals surface area (Å²) in [7, 11) is 1.57. The fourth-order valence-corrected chi connectivity index (χ4v) is 16.5. The zero-order valence-corrected chi connectivity index (χ0v) is 44.2. The van der Waals surface area contributed by atoms with Crippen LogP contribution in [0, 0.1) is 73.4 Å². The summed E-state index contributed by atoms with van der Waals surface area (Å²) in [6, 6.07) is 0.0193. The van der Waals surface area contributed by atoms with E-state index in [2.05, 4.69) is 77.5 Å². The Balaban J connectivity index is 0.000000527. The Hall–Kier alpha value is -2.62. The van der Waals surface area contributed by atoms with Crippen LogP contribution < -0.4 is 10.6 Å². The maximum absolute atomic E-state index is 15.0. The predicted molar refractivity (Wildman–Crippen MR) is 264 cm³/mol. The summed E-state index contributed by atoms with van der Waals surface area (Å²) in [5, 5.41) is 60.8. The number of likely N-dealkylation sites (N-methyl/N-ethyl adjacent to an activating group) is 1. The highest BCUT2D eigenvalue weighted by molar-refractivity contribution is 5.86. The molecule has 1 saturated heterocycles. The van der Waals surface area contributed by atoms with Crippen LogP contribution >= 0.6 is 0 Å². The number of hydrogen-bond donors (Lipinski definition) is 8. The Bertz CT molecular complexity index is 1900. The van der Waals surface area contributed by atoms with Crippen molar-refractivity contribution in [1.82, 2.24) is 15.5 Å². The van der Waals surface area contributed by atoms with Crippen LogP contribution in [0.3, 0.4) is 0 Å². The van der Waals surface area contributed by atoms with E-state index in [9.17, 15) is 24.6 Å². The van der Waals surface area contributed by atoms with E-state index in [0.29, 0.717) is 29.6 Å². The van der Waals surface area contributed by atoms with Gasteiger partial charge in [0, 0.05) is 37.0 Å². The van der Waals surface area contributed by atoms with E-state index in [1.807, 2.05) is 0 Å².